The molecule has 1 amide bonds. The van der Waals surface area contributed by atoms with E-state index in [1.54, 1.807) is 55.5 Å². The predicted molar refractivity (Wildman–Crippen MR) is 93.2 cm³/mol. The van der Waals surface area contributed by atoms with Gasteiger partial charge < -0.3 is 5.32 Å². The molecule has 0 fully saturated rings. The van der Waals surface area contributed by atoms with E-state index in [-0.39, 0.29) is 6.54 Å². The largest absolute Gasteiger partial charge is 0.323 e. The molecule has 0 saturated carbocycles. The van der Waals surface area contributed by atoms with E-state index in [4.69, 9.17) is 5.26 Å². The number of nitrogens with one attached hydrogen (secondary N) is 1. The summed E-state index contributed by atoms with van der Waals surface area (Å²) in [5.74, 6) is -0.522. The fraction of sp³-hybridized carbons (Fsp3) is 0.176. The van der Waals surface area contributed by atoms with Gasteiger partial charge in [0, 0.05) is 0 Å². The molecule has 0 heterocycles. The van der Waals surface area contributed by atoms with Crippen LogP contribution in [0.5, 0.6) is 0 Å². The van der Waals surface area contributed by atoms with Crippen molar-refractivity contribution in [1.29, 1.82) is 5.26 Å². The fourth-order valence-electron chi connectivity index (χ4n) is 2.23. The molecular formula is C17H17N3O3S. The normalized spacial score (nSPS) is 10.7. The number of amides is 1. The smallest absolute Gasteiger partial charge is 0.245 e. The number of hydrogen-bond donors (Lipinski definition) is 1. The number of aryl methyl sites for hydroxylation is 1. The Bertz CT molecular complexity index is 901. The lowest BCUT2D eigenvalue weighted by atomic mass is 10.2. The van der Waals surface area contributed by atoms with Gasteiger partial charge in [-0.25, -0.2) is 8.42 Å². The highest BCUT2D eigenvalue weighted by atomic mass is 32.2. The van der Waals surface area contributed by atoms with Gasteiger partial charge in [-0.15, -0.1) is 0 Å². The van der Waals surface area contributed by atoms with Crippen molar-refractivity contribution in [3.63, 3.8) is 0 Å². The van der Waals surface area contributed by atoms with Crippen LogP contribution >= 0.6 is 0 Å². The van der Waals surface area contributed by atoms with Gasteiger partial charge in [-0.3, -0.25) is 9.10 Å². The Labute approximate surface area is 141 Å². The Morgan fingerprint density at radius 1 is 1.17 bits per heavy atom. The first-order valence-corrected chi connectivity index (χ1v) is 9.00. The maximum atomic E-state index is 12.3. The van der Waals surface area contributed by atoms with Gasteiger partial charge in [0.2, 0.25) is 15.9 Å². The summed E-state index contributed by atoms with van der Waals surface area (Å²) < 4.78 is 25.2. The van der Waals surface area contributed by atoms with Crippen LogP contribution in [0.4, 0.5) is 11.4 Å². The van der Waals surface area contributed by atoms with Crippen LogP contribution in [0.15, 0.2) is 48.5 Å². The van der Waals surface area contributed by atoms with Crippen LogP contribution < -0.4 is 9.62 Å². The lowest BCUT2D eigenvalue weighted by Crippen LogP contribution is -2.37. The van der Waals surface area contributed by atoms with E-state index in [0.717, 1.165) is 16.1 Å². The van der Waals surface area contributed by atoms with E-state index in [1.165, 1.54) is 0 Å². The standard InChI is InChI=1S/C17H17N3O3S/c1-13-7-3-6-10-16(13)20(24(2,22)23)12-17(21)19-15-9-5-4-8-14(15)11-18/h3-10H,12H2,1-2H3,(H,19,21). The van der Waals surface area contributed by atoms with Gasteiger partial charge in [-0.1, -0.05) is 30.3 Å². The average Bonchev–Trinajstić information content (AvgIpc) is 2.53. The van der Waals surface area contributed by atoms with Gasteiger partial charge in [0.05, 0.1) is 23.2 Å². The van der Waals surface area contributed by atoms with Crippen molar-refractivity contribution in [2.24, 2.45) is 0 Å². The van der Waals surface area contributed by atoms with Crippen LogP contribution in [0.1, 0.15) is 11.1 Å². The van der Waals surface area contributed by atoms with Crippen LogP contribution in [0.25, 0.3) is 0 Å². The fourth-order valence-corrected chi connectivity index (χ4v) is 3.15. The van der Waals surface area contributed by atoms with Crippen LogP contribution in [0.3, 0.4) is 0 Å². The Balaban J connectivity index is 2.27. The molecule has 0 aliphatic heterocycles. The third kappa shape index (κ3) is 4.12. The molecule has 0 saturated heterocycles. The van der Waals surface area contributed by atoms with E-state index >= 15 is 0 Å². The SMILES string of the molecule is Cc1ccccc1N(CC(=O)Nc1ccccc1C#N)S(C)(=O)=O. The van der Waals surface area contributed by atoms with Crippen LogP contribution in [-0.2, 0) is 14.8 Å². The van der Waals surface area contributed by atoms with E-state index in [2.05, 4.69) is 5.32 Å². The lowest BCUT2D eigenvalue weighted by molar-refractivity contribution is -0.114. The number of hydrogen-bond acceptors (Lipinski definition) is 4. The number of nitriles is 1. The number of benzene rings is 2. The lowest BCUT2D eigenvalue weighted by Gasteiger charge is -2.23. The first kappa shape index (κ1) is 17.5. The van der Waals surface area contributed by atoms with Crippen molar-refractivity contribution < 1.29 is 13.2 Å². The molecule has 24 heavy (non-hydrogen) atoms. The Morgan fingerprint density at radius 3 is 2.42 bits per heavy atom. The Morgan fingerprint density at radius 2 is 1.79 bits per heavy atom. The topological polar surface area (TPSA) is 90.3 Å². The van der Waals surface area contributed by atoms with E-state index < -0.39 is 15.9 Å². The molecule has 124 valence electrons. The monoisotopic (exact) mass is 343 g/mol. The van der Waals surface area contributed by atoms with Gasteiger partial charge in [0.1, 0.15) is 12.6 Å². The highest BCUT2D eigenvalue weighted by molar-refractivity contribution is 7.92. The van der Waals surface area contributed by atoms with Crippen LogP contribution in [0.2, 0.25) is 0 Å². The van der Waals surface area contributed by atoms with Crippen LogP contribution in [-0.4, -0.2) is 27.1 Å². The highest BCUT2D eigenvalue weighted by Gasteiger charge is 2.22. The summed E-state index contributed by atoms with van der Waals surface area (Å²) in [4.78, 5) is 12.3. The molecule has 0 aliphatic rings. The minimum atomic E-state index is -3.64. The second kappa shape index (κ2) is 7.15. The number of carbonyl (C=O) groups excluding carboxylic acids is 1. The minimum Gasteiger partial charge on any atom is -0.323 e. The highest BCUT2D eigenvalue weighted by Crippen LogP contribution is 2.22. The molecule has 7 heteroatoms. The second-order valence-electron chi connectivity index (χ2n) is 5.26. The summed E-state index contributed by atoms with van der Waals surface area (Å²) >= 11 is 0. The van der Waals surface area contributed by atoms with Gasteiger partial charge in [-0.2, -0.15) is 5.26 Å². The summed E-state index contributed by atoms with van der Waals surface area (Å²) in [5.41, 5.74) is 1.85. The second-order valence-corrected chi connectivity index (χ2v) is 7.17. The molecule has 2 aromatic carbocycles. The summed E-state index contributed by atoms with van der Waals surface area (Å²) in [6, 6.07) is 15.4. The molecule has 2 rings (SSSR count). The van der Waals surface area contributed by atoms with Crippen molar-refractivity contribution in [3.05, 3.63) is 59.7 Å². The minimum absolute atomic E-state index is 0.313. The molecule has 0 unspecified atom stereocenters. The molecule has 2 aromatic rings. The molecule has 0 aromatic heterocycles. The van der Waals surface area contributed by atoms with Gasteiger partial charge in [-0.05, 0) is 30.7 Å². The number of anilines is 2. The summed E-state index contributed by atoms with van der Waals surface area (Å²) in [7, 11) is -3.64. The van der Waals surface area contributed by atoms with Gasteiger partial charge in [0.15, 0.2) is 0 Å². The van der Waals surface area contributed by atoms with Crippen molar-refractivity contribution in [1.82, 2.24) is 0 Å². The third-order valence-electron chi connectivity index (χ3n) is 3.39. The predicted octanol–water partition coefficient (Wildman–Crippen LogP) is 2.27. The van der Waals surface area contributed by atoms with E-state index in [1.807, 2.05) is 6.07 Å². The van der Waals surface area contributed by atoms with Gasteiger partial charge in [0.25, 0.3) is 0 Å². The van der Waals surface area contributed by atoms with Crippen molar-refractivity contribution in [3.8, 4) is 6.07 Å². The zero-order valence-corrected chi connectivity index (χ0v) is 14.2. The number of rotatable bonds is 5. The Hall–Kier alpha value is -2.85. The average molecular weight is 343 g/mol. The molecule has 1 N–H and O–H groups in total. The number of sulfonamides is 1. The van der Waals surface area contributed by atoms with Crippen molar-refractivity contribution in [2.45, 2.75) is 6.92 Å². The summed E-state index contributed by atoms with van der Waals surface area (Å²) in [6.45, 7) is 1.40. The summed E-state index contributed by atoms with van der Waals surface area (Å²) in [5, 5.41) is 11.6. The molecule has 6 nitrogen and oxygen atoms in total. The molecular weight excluding hydrogens is 326 g/mol. The van der Waals surface area contributed by atoms with E-state index in [9.17, 15) is 13.2 Å². The van der Waals surface area contributed by atoms with Crippen molar-refractivity contribution in [2.75, 3.05) is 22.4 Å². The van der Waals surface area contributed by atoms with Crippen LogP contribution in [0, 0.1) is 18.3 Å². The first-order chi connectivity index (χ1) is 11.3. The number of para-hydroxylation sites is 2. The number of carbonyl (C=O) groups is 1. The molecule has 0 aliphatic carbocycles. The molecule has 0 atom stereocenters. The maximum absolute atomic E-state index is 12.3. The molecule has 0 bridgehead atoms. The van der Waals surface area contributed by atoms with Gasteiger partial charge >= 0.3 is 0 Å². The first-order valence-electron chi connectivity index (χ1n) is 7.15. The Kier molecular flexibility index (Phi) is 5.21. The quantitative estimate of drug-likeness (QED) is 0.902. The van der Waals surface area contributed by atoms with E-state index in [0.29, 0.717) is 16.9 Å². The molecule has 0 radical (unpaired) electrons. The molecule has 0 spiro atoms. The zero-order chi connectivity index (χ0) is 17.7. The third-order valence-corrected chi connectivity index (χ3v) is 4.52. The zero-order valence-electron chi connectivity index (χ0n) is 13.4. The maximum Gasteiger partial charge on any atom is 0.245 e. The summed E-state index contributed by atoms with van der Waals surface area (Å²) in [6.07, 6.45) is 1.05. The number of nitrogens with zero attached hydrogens (tertiary/aromatic N) is 2. The van der Waals surface area contributed by atoms with Crippen molar-refractivity contribution >= 4 is 27.3 Å².